The van der Waals surface area contributed by atoms with E-state index in [1.165, 1.54) is 0 Å². The van der Waals surface area contributed by atoms with Gasteiger partial charge in [-0.1, -0.05) is 50.6 Å². The molecule has 32 heavy (non-hydrogen) atoms. The van der Waals surface area contributed by atoms with Crippen LogP contribution in [-0.4, -0.2) is 46.7 Å². The number of unbranched alkanes of at least 4 members (excludes halogenated alkanes) is 1. The number of carbonyl (C=O) groups is 2. The van der Waals surface area contributed by atoms with Crippen LogP contribution in [0.15, 0.2) is 60.7 Å². The smallest absolute Gasteiger partial charge is 0.245 e. The number of methoxy groups -OCH3 is 1. The van der Waals surface area contributed by atoms with E-state index in [4.69, 9.17) is 9.84 Å². The van der Waals surface area contributed by atoms with Gasteiger partial charge >= 0.3 is 0 Å². The number of nitrogens with zero attached hydrogens (tertiary/aromatic N) is 3. The van der Waals surface area contributed by atoms with Crippen molar-refractivity contribution in [2.75, 3.05) is 25.5 Å². The van der Waals surface area contributed by atoms with Crippen LogP contribution in [0.3, 0.4) is 0 Å². The van der Waals surface area contributed by atoms with Gasteiger partial charge in [-0.2, -0.15) is 5.10 Å². The third-order valence-electron chi connectivity index (χ3n) is 5.13. The van der Waals surface area contributed by atoms with Crippen LogP contribution in [0.25, 0.3) is 16.9 Å². The molecule has 2 amide bonds. The quantitative estimate of drug-likeness (QED) is 0.509. The molecule has 0 spiro atoms. The van der Waals surface area contributed by atoms with Gasteiger partial charge in [0.15, 0.2) is 0 Å². The lowest BCUT2D eigenvalue weighted by atomic mass is 10.1. The van der Waals surface area contributed by atoms with Crippen LogP contribution in [0.2, 0.25) is 0 Å². The highest BCUT2D eigenvalue weighted by atomic mass is 16.5. The van der Waals surface area contributed by atoms with Crippen molar-refractivity contribution >= 4 is 17.6 Å². The van der Waals surface area contributed by atoms with Crippen molar-refractivity contribution in [3.63, 3.8) is 0 Å². The molecule has 0 atom stereocenters. The van der Waals surface area contributed by atoms with Crippen LogP contribution in [0.1, 0.15) is 33.1 Å². The second-order valence-electron chi connectivity index (χ2n) is 7.46. The zero-order valence-corrected chi connectivity index (χ0v) is 18.9. The highest BCUT2D eigenvalue weighted by molar-refractivity contribution is 5.94. The predicted octanol–water partition coefficient (Wildman–Crippen LogP) is 4.53. The van der Waals surface area contributed by atoms with Crippen molar-refractivity contribution < 1.29 is 14.3 Å². The maximum absolute atomic E-state index is 12.9. The molecule has 168 valence electrons. The highest BCUT2D eigenvalue weighted by Crippen LogP contribution is 2.25. The normalized spacial score (nSPS) is 10.6. The summed E-state index contributed by atoms with van der Waals surface area (Å²) in [5.74, 6) is 0.997. The topological polar surface area (TPSA) is 76.5 Å². The van der Waals surface area contributed by atoms with E-state index < -0.39 is 0 Å². The number of aromatic nitrogens is 2. The Morgan fingerprint density at radius 2 is 1.78 bits per heavy atom. The van der Waals surface area contributed by atoms with E-state index in [0.29, 0.717) is 18.8 Å². The molecule has 1 aromatic heterocycles. The standard InChI is InChI=1S/C25H30N4O3/c1-4-6-16-28(25(31)5-2)18-24(30)26-23-17-22(19-10-8-7-9-11-19)27-29(23)20-12-14-21(32-3)15-13-20/h7-15,17H,4-6,16,18H2,1-3H3,(H,26,30). The van der Waals surface area contributed by atoms with Crippen molar-refractivity contribution in [3.05, 3.63) is 60.7 Å². The summed E-state index contributed by atoms with van der Waals surface area (Å²) in [6, 6.07) is 19.1. The van der Waals surface area contributed by atoms with Gasteiger partial charge in [-0.15, -0.1) is 0 Å². The average molecular weight is 435 g/mol. The van der Waals surface area contributed by atoms with Gasteiger partial charge in [-0.25, -0.2) is 4.68 Å². The van der Waals surface area contributed by atoms with Gasteiger partial charge in [0.05, 0.1) is 25.0 Å². The minimum absolute atomic E-state index is 0.0150. The highest BCUT2D eigenvalue weighted by Gasteiger charge is 2.18. The number of nitrogens with one attached hydrogen (secondary N) is 1. The molecule has 7 heteroatoms. The molecule has 0 unspecified atom stereocenters. The molecule has 0 saturated heterocycles. The third kappa shape index (κ3) is 5.75. The van der Waals surface area contributed by atoms with Crippen molar-refractivity contribution in [2.24, 2.45) is 0 Å². The number of carbonyl (C=O) groups excluding carboxylic acids is 2. The van der Waals surface area contributed by atoms with Gasteiger partial charge in [-0.05, 0) is 30.7 Å². The van der Waals surface area contributed by atoms with E-state index in [9.17, 15) is 9.59 Å². The van der Waals surface area contributed by atoms with E-state index in [1.54, 1.807) is 16.7 Å². The Bertz CT molecular complexity index is 1030. The first-order valence-corrected chi connectivity index (χ1v) is 10.9. The third-order valence-corrected chi connectivity index (χ3v) is 5.13. The fraction of sp³-hybridized carbons (Fsp3) is 0.320. The number of hydrogen-bond acceptors (Lipinski definition) is 4. The molecule has 0 aliphatic carbocycles. The summed E-state index contributed by atoms with van der Waals surface area (Å²) in [6.45, 7) is 4.46. The second kappa shape index (κ2) is 11.1. The van der Waals surface area contributed by atoms with Crippen LogP contribution in [0.4, 0.5) is 5.82 Å². The molecule has 0 aliphatic heterocycles. The molecular formula is C25H30N4O3. The largest absolute Gasteiger partial charge is 0.497 e. The number of ether oxygens (including phenoxy) is 1. The van der Waals surface area contributed by atoms with Crippen molar-refractivity contribution in [1.29, 1.82) is 0 Å². The van der Waals surface area contributed by atoms with Crippen LogP contribution in [-0.2, 0) is 9.59 Å². The Morgan fingerprint density at radius 1 is 1.06 bits per heavy atom. The zero-order chi connectivity index (χ0) is 22.9. The number of anilines is 1. The van der Waals surface area contributed by atoms with Gasteiger partial charge in [0.2, 0.25) is 11.8 Å². The van der Waals surface area contributed by atoms with E-state index in [0.717, 1.165) is 35.5 Å². The van der Waals surface area contributed by atoms with Gasteiger partial charge in [0.25, 0.3) is 0 Å². The van der Waals surface area contributed by atoms with Crippen molar-refractivity contribution in [1.82, 2.24) is 14.7 Å². The Morgan fingerprint density at radius 3 is 2.41 bits per heavy atom. The van der Waals surface area contributed by atoms with Gasteiger partial charge in [-0.3, -0.25) is 9.59 Å². The monoisotopic (exact) mass is 434 g/mol. The Labute approximate surface area is 189 Å². The maximum atomic E-state index is 12.9. The Hall–Kier alpha value is -3.61. The minimum atomic E-state index is -0.253. The number of benzene rings is 2. The van der Waals surface area contributed by atoms with E-state index in [-0.39, 0.29) is 18.4 Å². The molecule has 2 aromatic carbocycles. The van der Waals surface area contributed by atoms with Crippen molar-refractivity contribution in [3.8, 4) is 22.7 Å². The number of rotatable bonds is 10. The van der Waals surface area contributed by atoms with Gasteiger partial charge < -0.3 is 15.0 Å². The minimum Gasteiger partial charge on any atom is -0.497 e. The maximum Gasteiger partial charge on any atom is 0.245 e. The number of hydrogen-bond donors (Lipinski definition) is 1. The van der Waals surface area contributed by atoms with E-state index in [2.05, 4.69) is 12.2 Å². The van der Waals surface area contributed by atoms with Crippen LogP contribution >= 0.6 is 0 Å². The molecule has 0 fully saturated rings. The average Bonchev–Trinajstić information content (AvgIpc) is 3.25. The summed E-state index contributed by atoms with van der Waals surface area (Å²) < 4.78 is 6.94. The lowest BCUT2D eigenvalue weighted by Gasteiger charge is -2.21. The van der Waals surface area contributed by atoms with Crippen molar-refractivity contribution in [2.45, 2.75) is 33.1 Å². The van der Waals surface area contributed by atoms with E-state index in [1.807, 2.05) is 67.6 Å². The molecule has 3 aromatic rings. The Balaban J connectivity index is 1.88. The fourth-order valence-electron chi connectivity index (χ4n) is 3.36. The molecule has 7 nitrogen and oxygen atoms in total. The summed E-state index contributed by atoms with van der Waals surface area (Å²) >= 11 is 0. The molecule has 3 rings (SSSR count). The molecule has 0 bridgehead atoms. The summed E-state index contributed by atoms with van der Waals surface area (Å²) in [7, 11) is 1.62. The Kier molecular flexibility index (Phi) is 8.02. The molecule has 0 aliphatic rings. The van der Waals surface area contributed by atoms with Gasteiger partial charge in [0, 0.05) is 24.6 Å². The predicted molar refractivity (Wildman–Crippen MR) is 126 cm³/mol. The SMILES string of the molecule is CCCCN(CC(=O)Nc1cc(-c2ccccc2)nn1-c1ccc(OC)cc1)C(=O)CC. The molecule has 1 heterocycles. The lowest BCUT2D eigenvalue weighted by molar-refractivity contribution is -0.134. The van der Waals surface area contributed by atoms with E-state index >= 15 is 0 Å². The van der Waals surface area contributed by atoms with Crippen LogP contribution < -0.4 is 10.1 Å². The molecule has 0 radical (unpaired) electrons. The fourth-order valence-corrected chi connectivity index (χ4v) is 3.36. The number of amides is 2. The van der Waals surface area contributed by atoms with Gasteiger partial charge in [0.1, 0.15) is 11.6 Å². The summed E-state index contributed by atoms with van der Waals surface area (Å²) in [5.41, 5.74) is 2.47. The van der Waals surface area contributed by atoms with Crippen LogP contribution in [0.5, 0.6) is 5.75 Å². The first-order chi connectivity index (χ1) is 15.5. The summed E-state index contributed by atoms with van der Waals surface area (Å²) in [5, 5.41) is 7.67. The molecule has 1 N–H and O–H groups in total. The van der Waals surface area contributed by atoms with Crippen LogP contribution in [0, 0.1) is 0 Å². The first kappa shape index (κ1) is 23.1. The summed E-state index contributed by atoms with van der Waals surface area (Å²) in [6.07, 6.45) is 2.19. The second-order valence-corrected chi connectivity index (χ2v) is 7.46. The summed E-state index contributed by atoms with van der Waals surface area (Å²) in [4.78, 5) is 26.7. The zero-order valence-electron chi connectivity index (χ0n) is 18.9. The lowest BCUT2D eigenvalue weighted by Crippen LogP contribution is -2.38. The molecular weight excluding hydrogens is 404 g/mol. The molecule has 0 saturated carbocycles. The first-order valence-electron chi connectivity index (χ1n) is 10.9.